The van der Waals surface area contributed by atoms with Crippen LogP contribution in [-0.2, 0) is 25.8 Å². The largest absolute Gasteiger partial charge is 0.391 e. The van der Waals surface area contributed by atoms with Crippen LogP contribution >= 0.6 is 0 Å². The van der Waals surface area contributed by atoms with E-state index in [-0.39, 0.29) is 6.04 Å². The van der Waals surface area contributed by atoms with Crippen LogP contribution in [0.4, 0.5) is 0 Å². The Kier molecular flexibility index (Phi) is 13.5. The summed E-state index contributed by atoms with van der Waals surface area (Å²) in [4.78, 5) is 5.04. The van der Waals surface area contributed by atoms with Crippen molar-refractivity contribution in [1.29, 1.82) is 0 Å². The summed E-state index contributed by atoms with van der Waals surface area (Å²) in [6.07, 6.45) is 16.6. The maximum absolute atomic E-state index is 4.56. The standard InChI is InChI=1S/C38H55N3/c1-8-11-16-38(31(5)39-6)40(7)29-36-28-34(23-25-35(36)10-3)24-26-37-15-12-13-27-41(37)30(4)17-18-33-21-19-32(14-9-2)20-22-33/h8,10,19-23,25,28,37-39H,1,3-5,9,11-18,24,26-27,29H2,2,6-7H3. The molecule has 2 unspecified atom stereocenters. The fourth-order valence-electron chi connectivity index (χ4n) is 6.28. The zero-order valence-corrected chi connectivity index (χ0v) is 26.3. The van der Waals surface area contributed by atoms with Gasteiger partial charge in [0.1, 0.15) is 0 Å². The minimum atomic E-state index is 0.260. The lowest BCUT2D eigenvalue weighted by Crippen LogP contribution is -2.39. The minimum Gasteiger partial charge on any atom is -0.391 e. The van der Waals surface area contributed by atoms with Gasteiger partial charge in [-0.2, -0.15) is 0 Å². The predicted octanol–water partition coefficient (Wildman–Crippen LogP) is 8.72. The lowest BCUT2D eigenvalue weighted by atomic mass is 9.93. The first-order valence-electron chi connectivity index (χ1n) is 15.8. The van der Waals surface area contributed by atoms with E-state index in [2.05, 4.69) is 97.9 Å². The van der Waals surface area contributed by atoms with Gasteiger partial charge in [0.2, 0.25) is 0 Å². The van der Waals surface area contributed by atoms with Crippen molar-refractivity contribution in [3.63, 3.8) is 0 Å². The van der Waals surface area contributed by atoms with Crippen LogP contribution in [0, 0.1) is 0 Å². The number of hydrogen-bond donors (Lipinski definition) is 1. The maximum atomic E-state index is 4.56. The van der Waals surface area contributed by atoms with Gasteiger partial charge in [0.05, 0.1) is 0 Å². The monoisotopic (exact) mass is 553 g/mol. The van der Waals surface area contributed by atoms with Crippen molar-refractivity contribution < 1.29 is 0 Å². The molecule has 0 saturated carbocycles. The molecule has 41 heavy (non-hydrogen) atoms. The zero-order chi connectivity index (χ0) is 29.6. The first kappa shape index (κ1) is 32.5. The number of likely N-dealkylation sites (tertiary alicyclic amines) is 1. The van der Waals surface area contributed by atoms with Gasteiger partial charge >= 0.3 is 0 Å². The Morgan fingerprint density at radius 2 is 1.73 bits per heavy atom. The Bertz CT molecular complexity index is 1130. The quantitative estimate of drug-likeness (QED) is 0.186. The van der Waals surface area contributed by atoms with Gasteiger partial charge in [-0.25, -0.2) is 0 Å². The predicted molar refractivity (Wildman–Crippen MR) is 180 cm³/mol. The first-order chi connectivity index (χ1) is 19.9. The van der Waals surface area contributed by atoms with E-state index >= 15 is 0 Å². The molecule has 1 aliphatic rings. The molecule has 222 valence electrons. The van der Waals surface area contributed by atoms with Crippen LogP contribution in [-0.4, -0.2) is 42.5 Å². The zero-order valence-electron chi connectivity index (χ0n) is 26.3. The van der Waals surface area contributed by atoms with Crippen molar-refractivity contribution in [3.05, 3.63) is 114 Å². The van der Waals surface area contributed by atoms with Crippen molar-refractivity contribution in [3.8, 4) is 0 Å². The van der Waals surface area contributed by atoms with Crippen LogP contribution in [0.1, 0.15) is 86.1 Å². The number of allylic oxidation sites excluding steroid dienone is 2. The van der Waals surface area contributed by atoms with E-state index in [0.29, 0.717) is 6.04 Å². The Morgan fingerprint density at radius 3 is 2.39 bits per heavy atom. The smallest absolute Gasteiger partial charge is 0.0492 e. The van der Waals surface area contributed by atoms with Crippen LogP contribution in [0.2, 0.25) is 0 Å². The molecule has 3 rings (SSSR count). The Morgan fingerprint density at radius 1 is 1.02 bits per heavy atom. The van der Waals surface area contributed by atoms with Crippen LogP contribution in [0.25, 0.3) is 6.08 Å². The summed E-state index contributed by atoms with van der Waals surface area (Å²) in [6, 6.07) is 17.0. The highest BCUT2D eigenvalue weighted by molar-refractivity contribution is 5.53. The molecule has 3 heteroatoms. The highest BCUT2D eigenvalue weighted by atomic mass is 15.2. The highest BCUT2D eigenvalue weighted by Gasteiger charge is 2.23. The number of nitrogens with zero attached hydrogens (tertiary/aromatic N) is 2. The molecule has 0 aliphatic carbocycles. The van der Waals surface area contributed by atoms with E-state index in [1.54, 1.807) is 0 Å². The van der Waals surface area contributed by atoms with E-state index in [0.717, 1.165) is 50.9 Å². The van der Waals surface area contributed by atoms with Crippen LogP contribution < -0.4 is 5.32 Å². The molecule has 1 N–H and O–H groups in total. The molecule has 0 amide bonds. The summed E-state index contributed by atoms with van der Waals surface area (Å²) in [5.74, 6) is 0. The van der Waals surface area contributed by atoms with E-state index < -0.39 is 0 Å². The fourth-order valence-corrected chi connectivity index (χ4v) is 6.28. The molecule has 0 spiro atoms. The minimum absolute atomic E-state index is 0.260. The Labute approximate surface area is 251 Å². The second-order valence-corrected chi connectivity index (χ2v) is 11.8. The average molecular weight is 554 g/mol. The number of aryl methyl sites for hydroxylation is 3. The Hall–Kier alpha value is -3.04. The molecular formula is C38H55N3. The third-order valence-electron chi connectivity index (χ3n) is 8.81. The molecular weight excluding hydrogens is 498 g/mol. The Balaban J connectivity index is 1.62. The second-order valence-electron chi connectivity index (χ2n) is 11.8. The molecule has 2 aromatic rings. The van der Waals surface area contributed by atoms with Crippen molar-refractivity contribution in [2.75, 3.05) is 20.6 Å². The van der Waals surface area contributed by atoms with Gasteiger partial charge in [-0.15, -0.1) is 6.58 Å². The number of nitrogens with one attached hydrogen (secondary N) is 1. The van der Waals surface area contributed by atoms with Gasteiger partial charge in [-0.3, -0.25) is 4.90 Å². The molecule has 1 saturated heterocycles. The molecule has 1 aliphatic heterocycles. The van der Waals surface area contributed by atoms with Gasteiger partial charge in [0.15, 0.2) is 0 Å². The number of piperidine rings is 1. The molecule has 1 heterocycles. The maximum Gasteiger partial charge on any atom is 0.0492 e. The second kappa shape index (κ2) is 17.0. The van der Waals surface area contributed by atoms with Crippen molar-refractivity contribution in [2.24, 2.45) is 0 Å². The lowest BCUT2D eigenvalue weighted by molar-refractivity contribution is 0.179. The summed E-state index contributed by atoms with van der Waals surface area (Å²) in [6.45, 7) is 21.1. The van der Waals surface area contributed by atoms with Crippen molar-refractivity contribution >= 4 is 6.08 Å². The molecule has 0 aromatic heterocycles. The fraction of sp³-hybridized carbons (Fsp3) is 0.474. The molecule has 3 nitrogen and oxygen atoms in total. The molecule has 2 atom stereocenters. The van der Waals surface area contributed by atoms with E-state index in [1.807, 2.05) is 19.2 Å². The third-order valence-corrected chi connectivity index (χ3v) is 8.81. The normalized spacial score (nSPS) is 15.9. The molecule has 1 fully saturated rings. The average Bonchev–Trinajstić information content (AvgIpc) is 3.00. The van der Waals surface area contributed by atoms with Crippen molar-refractivity contribution in [2.45, 2.75) is 96.2 Å². The summed E-state index contributed by atoms with van der Waals surface area (Å²) in [5.41, 5.74) is 9.19. The van der Waals surface area contributed by atoms with Gasteiger partial charge in [0.25, 0.3) is 0 Å². The third kappa shape index (κ3) is 9.78. The SMILES string of the molecule is C=CCCC(C(=C)NC)N(C)Cc1cc(CCC2CCCCN2C(=C)CCc2ccc(CCC)cc2)ccc1C=C. The van der Waals surface area contributed by atoms with Crippen molar-refractivity contribution in [1.82, 2.24) is 15.1 Å². The number of likely N-dealkylation sites (N-methyl/N-ethyl adjacent to an activating group) is 2. The lowest BCUT2D eigenvalue weighted by Gasteiger charge is -2.39. The van der Waals surface area contributed by atoms with Crippen LogP contribution in [0.15, 0.2) is 86.3 Å². The highest BCUT2D eigenvalue weighted by Crippen LogP contribution is 2.28. The summed E-state index contributed by atoms with van der Waals surface area (Å²) in [7, 11) is 4.15. The van der Waals surface area contributed by atoms with Gasteiger partial charge < -0.3 is 10.2 Å². The van der Waals surface area contributed by atoms with E-state index in [4.69, 9.17) is 0 Å². The molecule has 0 bridgehead atoms. The van der Waals surface area contributed by atoms with Gasteiger partial charge in [-0.1, -0.05) is 87.7 Å². The summed E-state index contributed by atoms with van der Waals surface area (Å²) < 4.78 is 0. The van der Waals surface area contributed by atoms with Gasteiger partial charge in [-0.05, 0) is 99.1 Å². The molecule has 2 aromatic carbocycles. The topological polar surface area (TPSA) is 18.5 Å². The number of benzene rings is 2. The number of hydrogen-bond acceptors (Lipinski definition) is 3. The summed E-state index contributed by atoms with van der Waals surface area (Å²) >= 11 is 0. The summed E-state index contributed by atoms with van der Waals surface area (Å²) in [5, 5.41) is 3.27. The van der Waals surface area contributed by atoms with Gasteiger partial charge in [0, 0.05) is 43.6 Å². The van der Waals surface area contributed by atoms with Crippen LogP contribution in [0.5, 0.6) is 0 Å². The first-order valence-corrected chi connectivity index (χ1v) is 15.8. The molecule has 0 radical (unpaired) electrons. The van der Waals surface area contributed by atoms with E-state index in [9.17, 15) is 0 Å². The van der Waals surface area contributed by atoms with E-state index in [1.165, 1.54) is 72.0 Å². The number of rotatable bonds is 18. The van der Waals surface area contributed by atoms with Crippen LogP contribution in [0.3, 0.4) is 0 Å².